The van der Waals surface area contributed by atoms with Crippen LogP contribution in [-0.2, 0) is 0 Å². The second kappa shape index (κ2) is 5.13. The number of hydrogen-bond donors (Lipinski definition) is 1. The first-order valence-corrected chi connectivity index (χ1v) is 6.96. The molecule has 2 nitrogen and oxygen atoms in total. The van der Waals surface area contributed by atoms with E-state index in [1.165, 1.54) is 0 Å². The monoisotopic (exact) mass is 323 g/mol. The number of rotatable bonds is 2. The summed E-state index contributed by atoms with van der Waals surface area (Å²) >= 11 is 18.4. The first-order valence-electron chi connectivity index (χ1n) is 5.82. The van der Waals surface area contributed by atoms with Gasteiger partial charge in [-0.05, 0) is 24.3 Å². The van der Waals surface area contributed by atoms with Crippen molar-refractivity contribution >= 4 is 52.0 Å². The molecule has 0 saturated carbocycles. The molecule has 1 N–H and O–H groups in total. The van der Waals surface area contributed by atoms with E-state index in [1.54, 1.807) is 30.3 Å². The number of aromatic amines is 1. The summed E-state index contributed by atoms with van der Waals surface area (Å²) in [4.78, 5) is 14.6. The van der Waals surface area contributed by atoms with Crippen LogP contribution in [0.3, 0.4) is 0 Å². The molecular weight excluding hydrogens is 317 g/mol. The van der Waals surface area contributed by atoms with Gasteiger partial charge in [0.05, 0.1) is 21.3 Å². The lowest BCUT2D eigenvalue weighted by Crippen LogP contribution is -1.86. The second-order valence-corrected chi connectivity index (χ2v) is 5.57. The summed E-state index contributed by atoms with van der Waals surface area (Å²) in [5, 5.41) is 2.37. The van der Waals surface area contributed by atoms with Gasteiger partial charge in [0.1, 0.15) is 0 Å². The fourth-order valence-corrected chi connectivity index (χ4v) is 2.83. The molecule has 0 amide bonds. The summed E-state index contributed by atoms with van der Waals surface area (Å²) in [6.07, 6.45) is 0.793. The van der Waals surface area contributed by atoms with Gasteiger partial charge in [-0.1, -0.05) is 46.9 Å². The van der Waals surface area contributed by atoms with E-state index in [4.69, 9.17) is 34.8 Å². The van der Waals surface area contributed by atoms with E-state index in [9.17, 15) is 4.79 Å². The smallest absolute Gasteiger partial charge is 0.152 e. The van der Waals surface area contributed by atoms with Crippen molar-refractivity contribution in [1.82, 2.24) is 4.98 Å². The SMILES string of the molecule is O=Cc1c(-c2cc(Cl)ccc2Cl)[nH]c2c(Cl)cccc12. The standard InChI is InChI=1S/C15H8Cl3NO/c16-8-4-5-12(17)10(6-8)14-11(7-20)9-2-1-3-13(18)15(9)19-14/h1-7,19H. The summed E-state index contributed by atoms with van der Waals surface area (Å²) in [6.45, 7) is 0. The molecule has 2 aromatic carbocycles. The molecule has 0 saturated heterocycles. The number of carbonyl (C=O) groups is 1. The lowest BCUT2D eigenvalue weighted by atomic mass is 10.1. The van der Waals surface area contributed by atoms with Gasteiger partial charge in [0.25, 0.3) is 0 Å². The molecule has 3 aromatic rings. The van der Waals surface area contributed by atoms with Gasteiger partial charge >= 0.3 is 0 Å². The third-order valence-corrected chi connectivity index (χ3v) is 4.02. The third-order valence-electron chi connectivity index (χ3n) is 3.14. The van der Waals surface area contributed by atoms with E-state index in [-0.39, 0.29) is 0 Å². The zero-order valence-corrected chi connectivity index (χ0v) is 12.4. The average molecular weight is 325 g/mol. The van der Waals surface area contributed by atoms with Crippen LogP contribution in [0.4, 0.5) is 0 Å². The third kappa shape index (κ3) is 2.10. The largest absolute Gasteiger partial charge is 0.353 e. The van der Waals surface area contributed by atoms with E-state index >= 15 is 0 Å². The van der Waals surface area contributed by atoms with Gasteiger partial charge in [-0.2, -0.15) is 0 Å². The van der Waals surface area contributed by atoms with Crippen molar-refractivity contribution in [2.75, 3.05) is 0 Å². The van der Waals surface area contributed by atoms with Crippen molar-refractivity contribution in [3.63, 3.8) is 0 Å². The Balaban J connectivity index is 2.39. The normalized spacial score (nSPS) is 10.9. The molecule has 0 aliphatic heterocycles. The van der Waals surface area contributed by atoms with Gasteiger partial charge in [0.2, 0.25) is 0 Å². The molecule has 100 valence electrons. The molecular formula is C15H8Cl3NO. The van der Waals surface area contributed by atoms with E-state index in [2.05, 4.69) is 4.98 Å². The highest BCUT2D eigenvalue weighted by Crippen LogP contribution is 2.36. The lowest BCUT2D eigenvalue weighted by Gasteiger charge is -2.03. The number of hydrogen-bond acceptors (Lipinski definition) is 1. The molecule has 1 heterocycles. The summed E-state index contributed by atoms with van der Waals surface area (Å²) < 4.78 is 0. The quantitative estimate of drug-likeness (QED) is 0.611. The van der Waals surface area contributed by atoms with Crippen LogP contribution in [0.15, 0.2) is 36.4 Å². The minimum atomic E-state index is 0.514. The van der Waals surface area contributed by atoms with Crippen LogP contribution >= 0.6 is 34.8 Å². The molecule has 1 aromatic heterocycles. The Hall–Kier alpha value is -1.48. The van der Waals surface area contributed by atoms with Gasteiger partial charge in [-0.15, -0.1) is 0 Å². The molecule has 5 heteroatoms. The Morgan fingerprint density at radius 1 is 1.00 bits per heavy atom. The number of H-pyrrole nitrogens is 1. The Kier molecular flexibility index (Phi) is 3.47. The predicted molar refractivity (Wildman–Crippen MR) is 84.2 cm³/mol. The molecule has 0 aliphatic carbocycles. The number of aromatic nitrogens is 1. The minimum absolute atomic E-state index is 0.514. The molecule has 0 fully saturated rings. The predicted octanol–water partition coefficient (Wildman–Crippen LogP) is 5.61. The van der Waals surface area contributed by atoms with Crippen molar-refractivity contribution in [1.29, 1.82) is 0 Å². The second-order valence-electron chi connectivity index (χ2n) is 4.32. The topological polar surface area (TPSA) is 32.9 Å². The maximum atomic E-state index is 11.4. The summed E-state index contributed by atoms with van der Waals surface area (Å²) in [5.41, 5.74) is 2.53. The maximum absolute atomic E-state index is 11.4. The van der Waals surface area contributed by atoms with Crippen molar-refractivity contribution in [2.24, 2.45) is 0 Å². The fraction of sp³-hybridized carbons (Fsp3) is 0. The van der Waals surface area contributed by atoms with Crippen molar-refractivity contribution < 1.29 is 4.79 Å². The van der Waals surface area contributed by atoms with Gasteiger partial charge in [0.15, 0.2) is 6.29 Å². The molecule has 0 aliphatic rings. The summed E-state index contributed by atoms with van der Waals surface area (Å²) in [7, 11) is 0. The Morgan fingerprint density at radius 2 is 1.80 bits per heavy atom. The number of para-hydroxylation sites is 1. The van der Waals surface area contributed by atoms with Crippen molar-refractivity contribution in [3.8, 4) is 11.3 Å². The van der Waals surface area contributed by atoms with Crippen LogP contribution in [0.5, 0.6) is 0 Å². The zero-order valence-electron chi connectivity index (χ0n) is 10.1. The highest BCUT2D eigenvalue weighted by Gasteiger charge is 2.16. The first-order chi connectivity index (χ1) is 9.61. The minimum Gasteiger partial charge on any atom is -0.353 e. The van der Waals surface area contributed by atoms with Crippen molar-refractivity contribution in [2.45, 2.75) is 0 Å². The van der Waals surface area contributed by atoms with Crippen LogP contribution < -0.4 is 0 Å². The van der Waals surface area contributed by atoms with E-state index in [0.717, 1.165) is 11.7 Å². The maximum Gasteiger partial charge on any atom is 0.152 e. The highest BCUT2D eigenvalue weighted by atomic mass is 35.5. The Bertz CT molecular complexity index is 823. The fourth-order valence-electron chi connectivity index (χ4n) is 2.23. The van der Waals surface area contributed by atoms with E-state index in [0.29, 0.717) is 37.4 Å². The van der Waals surface area contributed by atoms with Gasteiger partial charge in [-0.3, -0.25) is 4.79 Å². The Morgan fingerprint density at radius 3 is 2.55 bits per heavy atom. The van der Waals surface area contributed by atoms with Crippen LogP contribution in [0.25, 0.3) is 22.2 Å². The summed E-state index contributed by atoms with van der Waals surface area (Å²) in [5.74, 6) is 0. The number of aldehydes is 1. The number of carbonyl (C=O) groups excluding carboxylic acids is 1. The van der Waals surface area contributed by atoms with Crippen LogP contribution in [0, 0.1) is 0 Å². The van der Waals surface area contributed by atoms with Crippen LogP contribution in [0.2, 0.25) is 15.1 Å². The highest BCUT2D eigenvalue weighted by molar-refractivity contribution is 6.37. The van der Waals surface area contributed by atoms with E-state index < -0.39 is 0 Å². The Labute approximate surface area is 130 Å². The number of benzene rings is 2. The molecule has 0 unspecified atom stereocenters. The number of fused-ring (bicyclic) bond motifs is 1. The summed E-state index contributed by atoms with van der Waals surface area (Å²) in [6, 6.07) is 10.5. The molecule has 20 heavy (non-hydrogen) atoms. The van der Waals surface area contributed by atoms with Crippen LogP contribution in [-0.4, -0.2) is 11.3 Å². The molecule has 0 atom stereocenters. The van der Waals surface area contributed by atoms with Crippen molar-refractivity contribution in [3.05, 3.63) is 57.0 Å². The molecule has 3 rings (SSSR count). The lowest BCUT2D eigenvalue weighted by molar-refractivity contribution is 0.112. The van der Waals surface area contributed by atoms with Gasteiger partial charge in [-0.25, -0.2) is 0 Å². The number of halogens is 3. The van der Waals surface area contributed by atoms with Crippen LogP contribution in [0.1, 0.15) is 10.4 Å². The molecule has 0 spiro atoms. The molecule has 0 radical (unpaired) electrons. The van der Waals surface area contributed by atoms with Gasteiger partial charge in [0, 0.05) is 21.5 Å². The number of nitrogens with one attached hydrogen (secondary N) is 1. The average Bonchev–Trinajstić information content (AvgIpc) is 2.81. The molecule has 0 bridgehead atoms. The first kappa shape index (κ1) is 13.5. The van der Waals surface area contributed by atoms with Gasteiger partial charge < -0.3 is 4.98 Å². The zero-order chi connectivity index (χ0) is 14.3. The van der Waals surface area contributed by atoms with E-state index in [1.807, 2.05) is 6.07 Å².